The molecule has 0 fully saturated rings. The van der Waals surface area contributed by atoms with Crippen molar-refractivity contribution in [2.75, 3.05) is 17.3 Å². The van der Waals surface area contributed by atoms with E-state index in [9.17, 15) is 32.7 Å². The molecule has 14 heteroatoms. The van der Waals surface area contributed by atoms with Crippen molar-refractivity contribution in [3.63, 3.8) is 0 Å². The van der Waals surface area contributed by atoms with Crippen LogP contribution in [0.15, 0.2) is 55.0 Å². The summed E-state index contributed by atoms with van der Waals surface area (Å²) in [7, 11) is 0. The summed E-state index contributed by atoms with van der Waals surface area (Å²) in [5.41, 5.74) is 3.34. The SMILES string of the molecule is CCCC(=O)Nc1c(-c2cnc[nH]2)ccc(C(=O)N[C@@H](CCSC)C(=O)O)c1-c1ccccc1.O=C(O)C(F)(F)F. The Hall–Kier alpha value is -4.33. The first-order valence-corrected chi connectivity index (χ1v) is 13.6. The summed E-state index contributed by atoms with van der Waals surface area (Å²) < 4.78 is 31.7. The summed E-state index contributed by atoms with van der Waals surface area (Å²) in [6.07, 6.45) is 1.27. The maximum absolute atomic E-state index is 13.4. The predicted octanol–water partition coefficient (Wildman–Crippen LogP) is 5.05. The van der Waals surface area contributed by atoms with Gasteiger partial charge in [-0.05, 0) is 42.5 Å². The number of thioether (sulfide) groups is 1. The first-order chi connectivity index (χ1) is 19.4. The number of carboxylic acid groups (broad SMARTS) is 2. The zero-order valence-electron chi connectivity index (χ0n) is 22.1. The Balaban J connectivity index is 0.000000745. The van der Waals surface area contributed by atoms with Crippen LogP contribution in [-0.4, -0.2) is 68.2 Å². The molecule has 220 valence electrons. The van der Waals surface area contributed by atoms with E-state index < -0.39 is 30.1 Å². The minimum atomic E-state index is -5.08. The summed E-state index contributed by atoms with van der Waals surface area (Å²) >= 11 is 1.51. The van der Waals surface area contributed by atoms with Crippen LogP contribution in [0.5, 0.6) is 0 Å². The minimum Gasteiger partial charge on any atom is -0.480 e. The fraction of sp³-hybridized carbons (Fsp3) is 0.296. The van der Waals surface area contributed by atoms with Gasteiger partial charge in [-0.1, -0.05) is 37.3 Å². The molecule has 0 radical (unpaired) electrons. The van der Waals surface area contributed by atoms with E-state index in [0.717, 1.165) is 5.56 Å². The van der Waals surface area contributed by atoms with Gasteiger partial charge in [-0.15, -0.1) is 0 Å². The number of H-pyrrole nitrogens is 1. The zero-order valence-corrected chi connectivity index (χ0v) is 22.9. The van der Waals surface area contributed by atoms with Gasteiger partial charge in [0.2, 0.25) is 5.91 Å². The molecular weight excluding hydrogens is 565 g/mol. The van der Waals surface area contributed by atoms with Gasteiger partial charge in [-0.2, -0.15) is 24.9 Å². The topological polar surface area (TPSA) is 161 Å². The van der Waals surface area contributed by atoms with Gasteiger partial charge in [-0.25, -0.2) is 14.6 Å². The molecule has 0 spiro atoms. The van der Waals surface area contributed by atoms with E-state index in [1.54, 1.807) is 24.7 Å². The van der Waals surface area contributed by atoms with E-state index in [1.165, 1.54) is 11.8 Å². The van der Waals surface area contributed by atoms with Crippen molar-refractivity contribution >= 4 is 41.2 Å². The van der Waals surface area contributed by atoms with E-state index in [-0.39, 0.29) is 11.5 Å². The third-order valence-electron chi connectivity index (χ3n) is 5.50. The maximum Gasteiger partial charge on any atom is 0.490 e. The normalized spacial score (nSPS) is 11.5. The number of alkyl halides is 3. The van der Waals surface area contributed by atoms with Crippen molar-refractivity contribution in [1.29, 1.82) is 0 Å². The monoisotopic (exact) mass is 594 g/mol. The first kappa shape index (κ1) is 32.9. The molecule has 0 saturated heterocycles. The highest BCUT2D eigenvalue weighted by Crippen LogP contribution is 2.39. The van der Waals surface area contributed by atoms with Gasteiger partial charge < -0.3 is 25.8 Å². The number of nitrogens with zero attached hydrogens (tertiary/aromatic N) is 1. The third kappa shape index (κ3) is 9.67. The molecule has 5 N–H and O–H groups in total. The summed E-state index contributed by atoms with van der Waals surface area (Å²) in [5.74, 6) is -3.95. The Labute approximate surface area is 237 Å². The second kappa shape index (κ2) is 15.5. The summed E-state index contributed by atoms with van der Waals surface area (Å²) in [6, 6.07) is 11.6. The van der Waals surface area contributed by atoms with Crippen molar-refractivity contribution in [1.82, 2.24) is 15.3 Å². The summed E-state index contributed by atoms with van der Waals surface area (Å²) in [5, 5.41) is 22.4. The van der Waals surface area contributed by atoms with E-state index in [0.29, 0.717) is 47.5 Å². The number of carboxylic acids is 2. The number of carbonyl (C=O) groups is 4. The van der Waals surface area contributed by atoms with Crippen LogP contribution in [0.2, 0.25) is 0 Å². The number of halogens is 3. The van der Waals surface area contributed by atoms with Gasteiger partial charge >= 0.3 is 18.1 Å². The van der Waals surface area contributed by atoms with Crippen LogP contribution in [0.3, 0.4) is 0 Å². The van der Waals surface area contributed by atoms with Crippen LogP contribution in [0, 0.1) is 0 Å². The molecule has 2 aromatic carbocycles. The molecule has 3 rings (SSSR count). The molecule has 3 aromatic rings. The lowest BCUT2D eigenvalue weighted by Crippen LogP contribution is -2.41. The molecule has 1 heterocycles. The van der Waals surface area contributed by atoms with Crippen LogP contribution in [-0.2, 0) is 14.4 Å². The number of carbonyl (C=O) groups excluding carboxylic acids is 2. The quantitative estimate of drug-likeness (QED) is 0.206. The molecule has 0 aliphatic heterocycles. The molecule has 0 aliphatic carbocycles. The number of amides is 2. The number of benzene rings is 2. The number of nitrogens with one attached hydrogen (secondary N) is 3. The Morgan fingerprint density at radius 2 is 1.73 bits per heavy atom. The average molecular weight is 595 g/mol. The Kier molecular flexibility index (Phi) is 12.4. The Morgan fingerprint density at radius 3 is 2.24 bits per heavy atom. The van der Waals surface area contributed by atoms with Crippen LogP contribution >= 0.6 is 11.8 Å². The highest BCUT2D eigenvalue weighted by molar-refractivity contribution is 7.98. The van der Waals surface area contributed by atoms with Gasteiger partial charge in [0.05, 0.1) is 23.9 Å². The number of hydrogen-bond acceptors (Lipinski definition) is 6. The highest BCUT2D eigenvalue weighted by atomic mass is 32.2. The average Bonchev–Trinajstić information content (AvgIpc) is 3.46. The fourth-order valence-corrected chi connectivity index (χ4v) is 4.08. The maximum atomic E-state index is 13.4. The number of hydrogen-bond donors (Lipinski definition) is 5. The van der Waals surface area contributed by atoms with Crippen molar-refractivity contribution < 1.29 is 42.6 Å². The summed E-state index contributed by atoms with van der Waals surface area (Å²) in [4.78, 5) is 53.8. The van der Waals surface area contributed by atoms with E-state index in [4.69, 9.17) is 9.90 Å². The lowest BCUT2D eigenvalue weighted by Gasteiger charge is -2.21. The number of aromatic amines is 1. The van der Waals surface area contributed by atoms with Crippen LogP contribution < -0.4 is 10.6 Å². The minimum absolute atomic E-state index is 0.179. The molecular formula is C27H29F3N4O6S. The van der Waals surface area contributed by atoms with Gasteiger partial charge in [-0.3, -0.25) is 9.59 Å². The van der Waals surface area contributed by atoms with Crippen LogP contribution in [0.25, 0.3) is 22.4 Å². The molecule has 1 atom stereocenters. The molecule has 41 heavy (non-hydrogen) atoms. The largest absolute Gasteiger partial charge is 0.490 e. The molecule has 1 aromatic heterocycles. The second-order valence-electron chi connectivity index (χ2n) is 8.49. The second-order valence-corrected chi connectivity index (χ2v) is 9.47. The number of rotatable bonds is 11. The molecule has 0 bridgehead atoms. The Bertz CT molecular complexity index is 1330. The molecule has 0 aliphatic rings. The summed E-state index contributed by atoms with van der Waals surface area (Å²) in [6.45, 7) is 1.91. The van der Waals surface area contributed by atoms with Gasteiger partial charge in [0.15, 0.2) is 0 Å². The Morgan fingerprint density at radius 1 is 1.07 bits per heavy atom. The number of imidazole rings is 1. The fourth-order valence-electron chi connectivity index (χ4n) is 3.61. The van der Waals surface area contributed by atoms with E-state index in [1.807, 2.05) is 43.5 Å². The van der Waals surface area contributed by atoms with E-state index >= 15 is 0 Å². The molecule has 0 saturated carbocycles. The molecule has 0 unspecified atom stereocenters. The first-order valence-electron chi connectivity index (χ1n) is 12.2. The number of anilines is 1. The van der Waals surface area contributed by atoms with Crippen molar-refractivity contribution in [3.8, 4) is 22.4 Å². The molecule has 2 amide bonds. The number of aromatic nitrogens is 2. The standard InChI is InChI=1S/C25H28N4O4S.C2HF3O2/c1-3-7-21(30)29-23-17(20-14-26-15-27-20)10-11-18(22(23)16-8-5-4-6-9-16)24(31)28-19(25(32)33)12-13-34-2;3-2(4,5)1(6)7/h4-6,8-11,14-15,19H,3,7,12-13H2,1-2H3,(H,26,27)(H,28,31)(H,29,30)(H,32,33);(H,6,7)/t19-;/m0./s1. The van der Waals surface area contributed by atoms with Crippen LogP contribution in [0.4, 0.5) is 18.9 Å². The van der Waals surface area contributed by atoms with Crippen molar-refractivity contribution in [2.45, 2.75) is 38.4 Å². The smallest absolute Gasteiger partial charge is 0.480 e. The highest BCUT2D eigenvalue weighted by Gasteiger charge is 2.38. The van der Waals surface area contributed by atoms with Gasteiger partial charge in [0.25, 0.3) is 5.91 Å². The van der Waals surface area contributed by atoms with Gasteiger partial charge in [0, 0.05) is 23.1 Å². The van der Waals surface area contributed by atoms with Crippen molar-refractivity contribution in [2.24, 2.45) is 0 Å². The molecule has 10 nitrogen and oxygen atoms in total. The van der Waals surface area contributed by atoms with E-state index in [2.05, 4.69) is 20.6 Å². The predicted molar refractivity (Wildman–Crippen MR) is 149 cm³/mol. The van der Waals surface area contributed by atoms with Crippen LogP contribution in [0.1, 0.15) is 36.5 Å². The van der Waals surface area contributed by atoms with Gasteiger partial charge in [0.1, 0.15) is 6.04 Å². The van der Waals surface area contributed by atoms with Crippen molar-refractivity contribution in [3.05, 3.63) is 60.6 Å². The lowest BCUT2D eigenvalue weighted by atomic mass is 9.92. The lowest BCUT2D eigenvalue weighted by molar-refractivity contribution is -0.192. The number of aliphatic carboxylic acids is 2. The third-order valence-corrected chi connectivity index (χ3v) is 6.14. The zero-order chi connectivity index (χ0) is 30.6.